The van der Waals surface area contributed by atoms with Gasteiger partial charge < -0.3 is 15.2 Å². The maximum Gasteiger partial charge on any atom is 0.341 e. The average Bonchev–Trinajstić information content (AvgIpc) is 2.81. The fourth-order valence-corrected chi connectivity index (χ4v) is 4.30. The standard InChI is InChI=1S/C17H23NO5S/c1-10-11(2)24-14(13(10)15(20)23-3)18-12(19)9-17(16(21)22)7-5-4-6-8-17/h4-9H2,1-3H3,(H,18,19)(H,21,22). The van der Waals surface area contributed by atoms with E-state index in [1.807, 2.05) is 6.92 Å². The molecule has 1 aliphatic carbocycles. The summed E-state index contributed by atoms with van der Waals surface area (Å²) in [6, 6.07) is 0. The summed E-state index contributed by atoms with van der Waals surface area (Å²) in [5.41, 5.74) is 0.129. The number of aryl methyl sites for hydroxylation is 1. The molecule has 1 saturated carbocycles. The number of aliphatic carboxylic acids is 1. The van der Waals surface area contributed by atoms with E-state index in [9.17, 15) is 19.5 Å². The summed E-state index contributed by atoms with van der Waals surface area (Å²) < 4.78 is 4.78. The zero-order valence-corrected chi connectivity index (χ0v) is 15.0. The molecule has 2 N–H and O–H groups in total. The van der Waals surface area contributed by atoms with Crippen LogP contribution in [0.4, 0.5) is 5.00 Å². The van der Waals surface area contributed by atoms with Gasteiger partial charge in [0.1, 0.15) is 5.00 Å². The summed E-state index contributed by atoms with van der Waals surface area (Å²) in [5.74, 6) is -1.78. The number of amides is 1. The van der Waals surface area contributed by atoms with Gasteiger partial charge in [0.15, 0.2) is 0 Å². The Bertz CT molecular complexity index is 658. The molecule has 0 unspecified atom stereocenters. The molecule has 0 radical (unpaired) electrons. The van der Waals surface area contributed by atoms with E-state index in [0.29, 0.717) is 23.4 Å². The predicted molar refractivity (Wildman–Crippen MR) is 91.5 cm³/mol. The van der Waals surface area contributed by atoms with Crippen molar-refractivity contribution in [3.63, 3.8) is 0 Å². The molecule has 0 atom stereocenters. The number of carbonyl (C=O) groups excluding carboxylic acids is 2. The molecule has 1 heterocycles. The zero-order valence-electron chi connectivity index (χ0n) is 14.2. The Hall–Kier alpha value is -1.89. The zero-order chi connectivity index (χ0) is 17.9. The number of hydrogen-bond acceptors (Lipinski definition) is 5. The number of thiophene rings is 1. The van der Waals surface area contributed by atoms with E-state index in [2.05, 4.69) is 5.32 Å². The van der Waals surface area contributed by atoms with Crippen LogP contribution >= 0.6 is 11.3 Å². The van der Waals surface area contributed by atoms with E-state index in [0.717, 1.165) is 29.7 Å². The van der Waals surface area contributed by atoms with E-state index in [-0.39, 0.29) is 12.3 Å². The Morgan fingerprint density at radius 2 is 1.83 bits per heavy atom. The minimum Gasteiger partial charge on any atom is -0.481 e. The largest absolute Gasteiger partial charge is 0.481 e. The van der Waals surface area contributed by atoms with Crippen molar-refractivity contribution >= 4 is 34.2 Å². The fourth-order valence-electron chi connectivity index (χ4n) is 3.24. The van der Waals surface area contributed by atoms with Crippen LogP contribution in [0, 0.1) is 19.3 Å². The van der Waals surface area contributed by atoms with Gasteiger partial charge in [0.05, 0.1) is 18.1 Å². The molecule has 1 fully saturated rings. The lowest BCUT2D eigenvalue weighted by molar-refractivity contribution is -0.153. The molecule has 0 spiro atoms. The first-order valence-corrected chi connectivity index (χ1v) is 8.84. The highest BCUT2D eigenvalue weighted by atomic mass is 32.1. The number of esters is 1. The van der Waals surface area contributed by atoms with Crippen LogP contribution in [0.25, 0.3) is 0 Å². The first-order valence-electron chi connectivity index (χ1n) is 8.02. The summed E-state index contributed by atoms with van der Waals surface area (Å²) in [4.78, 5) is 37.0. The van der Waals surface area contributed by atoms with Gasteiger partial charge in [-0.25, -0.2) is 4.79 Å². The van der Waals surface area contributed by atoms with Crippen molar-refractivity contribution in [3.8, 4) is 0 Å². The number of rotatable bonds is 5. The third kappa shape index (κ3) is 3.61. The second-order valence-corrected chi connectivity index (χ2v) is 7.57. The van der Waals surface area contributed by atoms with Gasteiger partial charge >= 0.3 is 11.9 Å². The number of carbonyl (C=O) groups is 3. The Balaban J connectivity index is 2.19. The molecule has 1 aliphatic rings. The topological polar surface area (TPSA) is 92.7 Å². The summed E-state index contributed by atoms with van der Waals surface area (Å²) in [5, 5.41) is 12.7. The lowest BCUT2D eigenvalue weighted by Gasteiger charge is -2.32. The number of anilines is 1. The van der Waals surface area contributed by atoms with Gasteiger partial charge in [-0.1, -0.05) is 19.3 Å². The number of carboxylic acids is 1. The van der Waals surface area contributed by atoms with Gasteiger partial charge in [-0.15, -0.1) is 11.3 Å². The molecular weight excluding hydrogens is 330 g/mol. The normalized spacial score (nSPS) is 16.5. The van der Waals surface area contributed by atoms with Crippen molar-refractivity contribution < 1.29 is 24.2 Å². The van der Waals surface area contributed by atoms with Crippen molar-refractivity contribution in [2.24, 2.45) is 5.41 Å². The number of carboxylic acid groups (broad SMARTS) is 1. The quantitative estimate of drug-likeness (QED) is 0.790. The van der Waals surface area contributed by atoms with Crippen LogP contribution in [0.5, 0.6) is 0 Å². The van der Waals surface area contributed by atoms with E-state index in [4.69, 9.17) is 4.74 Å². The summed E-state index contributed by atoms with van der Waals surface area (Å²) >= 11 is 1.30. The maximum absolute atomic E-state index is 12.5. The molecule has 1 aromatic rings. The van der Waals surface area contributed by atoms with Gasteiger partial charge in [0.25, 0.3) is 0 Å². The lowest BCUT2D eigenvalue weighted by Crippen LogP contribution is -2.37. The maximum atomic E-state index is 12.5. The van der Waals surface area contributed by atoms with Gasteiger partial charge in [-0.3, -0.25) is 9.59 Å². The van der Waals surface area contributed by atoms with E-state index < -0.39 is 17.4 Å². The summed E-state index contributed by atoms with van der Waals surface area (Å²) in [6.45, 7) is 3.66. The number of ether oxygens (including phenoxy) is 1. The van der Waals surface area contributed by atoms with Crippen LogP contribution in [0.15, 0.2) is 0 Å². The molecule has 7 heteroatoms. The molecule has 24 heavy (non-hydrogen) atoms. The highest BCUT2D eigenvalue weighted by molar-refractivity contribution is 7.16. The second-order valence-electron chi connectivity index (χ2n) is 6.35. The van der Waals surface area contributed by atoms with Crippen LogP contribution in [-0.2, 0) is 14.3 Å². The Morgan fingerprint density at radius 3 is 2.38 bits per heavy atom. The molecule has 0 aromatic carbocycles. The molecule has 6 nitrogen and oxygen atoms in total. The summed E-state index contributed by atoms with van der Waals surface area (Å²) in [7, 11) is 1.29. The first kappa shape index (κ1) is 18.4. The van der Waals surface area contributed by atoms with Crippen LogP contribution in [-0.4, -0.2) is 30.1 Å². The third-order valence-electron chi connectivity index (χ3n) is 4.79. The Labute approximate surface area is 145 Å². The van der Waals surface area contributed by atoms with Gasteiger partial charge in [0.2, 0.25) is 5.91 Å². The van der Waals surface area contributed by atoms with E-state index >= 15 is 0 Å². The van der Waals surface area contributed by atoms with Crippen molar-refractivity contribution in [3.05, 3.63) is 16.0 Å². The lowest BCUT2D eigenvalue weighted by atomic mass is 9.71. The highest BCUT2D eigenvalue weighted by Gasteiger charge is 2.41. The third-order valence-corrected chi connectivity index (χ3v) is 5.91. The van der Waals surface area contributed by atoms with Gasteiger partial charge in [-0.2, -0.15) is 0 Å². The van der Waals surface area contributed by atoms with Crippen LogP contribution in [0.2, 0.25) is 0 Å². The molecule has 132 valence electrons. The predicted octanol–water partition coefficient (Wildman–Crippen LogP) is 3.52. The highest BCUT2D eigenvalue weighted by Crippen LogP contribution is 2.40. The van der Waals surface area contributed by atoms with Gasteiger partial charge in [0, 0.05) is 11.3 Å². The number of nitrogens with one attached hydrogen (secondary N) is 1. The second kappa shape index (κ2) is 7.34. The van der Waals surface area contributed by atoms with Crippen molar-refractivity contribution in [1.82, 2.24) is 0 Å². The molecule has 0 saturated heterocycles. The summed E-state index contributed by atoms with van der Waals surface area (Å²) in [6.07, 6.45) is 3.62. The molecule has 0 bridgehead atoms. The van der Waals surface area contributed by atoms with E-state index in [1.165, 1.54) is 18.4 Å². The minimum absolute atomic E-state index is 0.0705. The molecule has 1 aromatic heterocycles. The Kier molecular flexibility index (Phi) is 5.64. The van der Waals surface area contributed by atoms with Gasteiger partial charge in [-0.05, 0) is 32.3 Å². The van der Waals surface area contributed by atoms with Crippen molar-refractivity contribution in [2.45, 2.75) is 52.4 Å². The average molecular weight is 353 g/mol. The molecule has 1 amide bonds. The minimum atomic E-state index is -0.991. The smallest absolute Gasteiger partial charge is 0.341 e. The SMILES string of the molecule is COC(=O)c1c(NC(=O)CC2(C(=O)O)CCCCC2)sc(C)c1C. The monoisotopic (exact) mass is 353 g/mol. The van der Waals surface area contributed by atoms with Crippen molar-refractivity contribution in [1.29, 1.82) is 0 Å². The Morgan fingerprint density at radius 1 is 1.21 bits per heavy atom. The molecular formula is C17H23NO5S. The van der Waals surface area contributed by atoms with Crippen molar-refractivity contribution in [2.75, 3.05) is 12.4 Å². The first-order chi connectivity index (χ1) is 11.3. The number of hydrogen-bond donors (Lipinski definition) is 2. The molecule has 2 rings (SSSR count). The number of methoxy groups -OCH3 is 1. The molecule has 0 aliphatic heterocycles. The fraction of sp³-hybridized carbons (Fsp3) is 0.588. The van der Waals surface area contributed by atoms with Crippen LogP contribution in [0.3, 0.4) is 0 Å². The van der Waals surface area contributed by atoms with Crippen LogP contribution < -0.4 is 5.32 Å². The van der Waals surface area contributed by atoms with E-state index in [1.54, 1.807) is 6.92 Å². The van der Waals surface area contributed by atoms with Crippen LogP contribution in [0.1, 0.15) is 59.3 Å².